The monoisotopic (exact) mass is 419 g/mol. The largest absolute Gasteiger partial charge is 0.416 e. The molecule has 29 heavy (non-hydrogen) atoms. The number of ether oxygens (including phenoxy) is 1. The van der Waals surface area contributed by atoms with Crippen molar-refractivity contribution in [1.82, 2.24) is 15.1 Å². The molecule has 10 heteroatoms. The lowest BCUT2D eigenvalue weighted by atomic mass is 10.0. The third kappa shape index (κ3) is 6.13. The molecule has 0 radical (unpaired) electrons. The normalized spacial score (nSPS) is 25.0. The van der Waals surface area contributed by atoms with Crippen LogP contribution in [0, 0.1) is 0 Å². The highest BCUT2D eigenvalue weighted by atomic mass is 19.4. The van der Waals surface area contributed by atoms with Gasteiger partial charge in [0.1, 0.15) is 12.2 Å². The molecule has 3 N–H and O–H groups in total. The van der Waals surface area contributed by atoms with E-state index in [0.29, 0.717) is 6.54 Å². The summed E-state index contributed by atoms with van der Waals surface area (Å²) < 4.78 is 43.6. The Kier molecular flexibility index (Phi) is 8.01. The molecule has 164 valence electrons. The van der Waals surface area contributed by atoms with E-state index in [9.17, 15) is 28.2 Å². The van der Waals surface area contributed by atoms with Crippen LogP contribution in [0.1, 0.15) is 15.9 Å². The quantitative estimate of drug-likeness (QED) is 0.566. The third-order valence-electron chi connectivity index (χ3n) is 4.99. The zero-order chi connectivity index (χ0) is 21.8. The van der Waals surface area contributed by atoms with Gasteiger partial charge in [-0.25, -0.2) is 0 Å². The van der Waals surface area contributed by atoms with Crippen molar-refractivity contribution in [3.63, 3.8) is 0 Å². The summed E-state index contributed by atoms with van der Waals surface area (Å²) in [6.07, 6.45) is -6.74. The number of rotatable bonds is 8. The molecule has 0 bridgehead atoms. The van der Waals surface area contributed by atoms with Crippen LogP contribution in [0.15, 0.2) is 24.3 Å². The second-order valence-corrected chi connectivity index (χ2v) is 7.45. The van der Waals surface area contributed by atoms with Gasteiger partial charge < -0.3 is 25.2 Å². The first kappa shape index (κ1) is 23.6. The van der Waals surface area contributed by atoms with E-state index >= 15 is 0 Å². The molecule has 1 aromatic carbocycles. The molecule has 1 amide bonds. The average molecular weight is 419 g/mol. The summed E-state index contributed by atoms with van der Waals surface area (Å²) >= 11 is 0. The second-order valence-electron chi connectivity index (χ2n) is 7.45. The Hall–Kier alpha value is -1.72. The standard InChI is InChI=1S/C19H28F3N3O4/c1-24(2)8-9-25(3)16-14(29-15(11-26)17(16)27)10-23-18(28)12-4-6-13(7-5-12)19(20,21)22/h4-7,14-17,26-27H,8-11H2,1-3H3,(H,23,28)/t14-,15+,16+,17-/m1/s1. The number of aliphatic hydroxyl groups excluding tert-OH is 2. The molecule has 0 spiro atoms. The van der Waals surface area contributed by atoms with Crippen molar-refractivity contribution in [3.8, 4) is 0 Å². The predicted octanol–water partition coefficient (Wildman–Crippen LogP) is 0.418. The zero-order valence-corrected chi connectivity index (χ0v) is 16.7. The average Bonchev–Trinajstić information content (AvgIpc) is 2.99. The van der Waals surface area contributed by atoms with Gasteiger partial charge in [-0.3, -0.25) is 9.69 Å². The first-order chi connectivity index (χ1) is 13.5. The summed E-state index contributed by atoms with van der Waals surface area (Å²) in [7, 11) is 5.67. The highest BCUT2D eigenvalue weighted by molar-refractivity contribution is 5.94. The van der Waals surface area contributed by atoms with Crippen molar-refractivity contribution >= 4 is 5.91 Å². The molecule has 1 saturated heterocycles. The molecule has 2 rings (SSSR count). The highest BCUT2D eigenvalue weighted by Gasteiger charge is 2.45. The van der Waals surface area contributed by atoms with E-state index in [1.807, 2.05) is 30.9 Å². The van der Waals surface area contributed by atoms with Crippen molar-refractivity contribution in [2.75, 3.05) is 47.4 Å². The summed E-state index contributed by atoms with van der Waals surface area (Å²) in [4.78, 5) is 16.2. The van der Waals surface area contributed by atoms with E-state index in [1.165, 1.54) is 0 Å². The maximum Gasteiger partial charge on any atom is 0.416 e. The number of hydrogen-bond donors (Lipinski definition) is 3. The van der Waals surface area contributed by atoms with Gasteiger partial charge in [-0.2, -0.15) is 13.2 Å². The van der Waals surface area contributed by atoms with Gasteiger partial charge in [0.2, 0.25) is 0 Å². The Morgan fingerprint density at radius 1 is 1.14 bits per heavy atom. The Labute approximate surface area is 168 Å². The molecule has 1 aliphatic heterocycles. The zero-order valence-electron chi connectivity index (χ0n) is 16.7. The van der Waals surface area contributed by atoms with Crippen LogP contribution in [0.2, 0.25) is 0 Å². The third-order valence-corrected chi connectivity index (χ3v) is 4.99. The number of benzene rings is 1. The smallest absolute Gasteiger partial charge is 0.394 e. The Bertz CT molecular complexity index is 670. The number of carbonyl (C=O) groups is 1. The van der Waals surface area contributed by atoms with E-state index in [-0.39, 0.29) is 18.7 Å². The Morgan fingerprint density at radius 2 is 1.76 bits per heavy atom. The van der Waals surface area contributed by atoms with Gasteiger partial charge in [0.15, 0.2) is 0 Å². The molecule has 1 aromatic rings. The number of halogens is 3. The number of nitrogens with zero attached hydrogens (tertiary/aromatic N) is 2. The lowest BCUT2D eigenvalue weighted by molar-refractivity contribution is -0.137. The lowest BCUT2D eigenvalue weighted by Crippen LogP contribution is -2.51. The molecule has 0 aliphatic carbocycles. The fraction of sp³-hybridized carbons (Fsp3) is 0.632. The number of aliphatic hydroxyl groups is 2. The van der Waals surface area contributed by atoms with Crippen LogP contribution in [-0.2, 0) is 10.9 Å². The number of hydrogen-bond acceptors (Lipinski definition) is 6. The van der Waals surface area contributed by atoms with Crippen molar-refractivity contribution in [1.29, 1.82) is 0 Å². The lowest BCUT2D eigenvalue weighted by Gasteiger charge is -2.31. The molecule has 1 aliphatic rings. The molecule has 4 atom stereocenters. The number of nitrogens with one attached hydrogen (secondary N) is 1. The molecule has 0 aromatic heterocycles. The molecular formula is C19H28F3N3O4. The van der Waals surface area contributed by atoms with Gasteiger partial charge in [0.25, 0.3) is 5.91 Å². The summed E-state index contributed by atoms with van der Waals surface area (Å²) in [6.45, 7) is 1.07. The first-order valence-corrected chi connectivity index (χ1v) is 9.29. The highest BCUT2D eigenvalue weighted by Crippen LogP contribution is 2.29. The van der Waals surface area contributed by atoms with E-state index in [4.69, 9.17) is 4.74 Å². The van der Waals surface area contributed by atoms with E-state index in [0.717, 1.165) is 30.8 Å². The number of amides is 1. The van der Waals surface area contributed by atoms with Gasteiger partial charge in [-0.1, -0.05) is 0 Å². The van der Waals surface area contributed by atoms with Crippen molar-refractivity contribution in [3.05, 3.63) is 35.4 Å². The Balaban J connectivity index is 2.01. The van der Waals surface area contributed by atoms with Gasteiger partial charge in [-0.05, 0) is 45.4 Å². The van der Waals surface area contributed by atoms with Crippen molar-refractivity contribution < 1.29 is 32.9 Å². The topological polar surface area (TPSA) is 85.3 Å². The van der Waals surface area contributed by atoms with Crippen molar-refractivity contribution in [2.45, 2.75) is 30.5 Å². The second kappa shape index (κ2) is 9.86. The molecule has 1 heterocycles. The fourth-order valence-corrected chi connectivity index (χ4v) is 3.30. The molecule has 1 fully saturated rings. The minimum Gasteiger partial charge on any atom is -0.394 e. The molecule has 0 saturated carbocycles. The summed E-state index contributed by atoms with van der Waals surface area (Å²) in [6, 6.07) is 3.48. The van der Waals surface area contributed by atoms with Crippen LogP contribution in [0.4, 0.5) is 13.2 Å². The molecular weight excluding hydrogens is 391 g/mol. The van der Waals surface area contributed by atoms with Gasteiger partial charge in [0, 0.05) is 25.2 Å². The van der Waals surface area contributed by atoms with Crippen LogP contribution in [0.3, 0.4) is 0 Å². The van der Waals surface area contributed by atoms with Gasteiger partial charge in [0.05, 0.1) is 24.3 Å². The van der Waals surface area contributed by atoms with Crippen LogP contribution >= 0.6 is 0 Å². The Morgan fingerprint density at radius 3 is 2.28 bits per heavy atom. The SMILES string of the molecule is CN(C)CCN(C)[C@@H]1[C@H](O)[C@H](CO)O[C@@H]1CNC(=O)c1ccc(C(F)(F)F)cc1. The van der Waals surface area contributed by atoms with E-state index in [1.54, 1.807) is 0 Å². The van der Waals surface area contributed by atoms with Crippen LogP contribution in [0.5, 0.6) is 0 Å². The number of likely N-dealkylation sites (N-methyl/N-ethyl adjacent to an activating group) is 2. The molecule has 7 nitrogen and oxygen atoms in total. The van der Waals surface area contributed by atoms with Crippen LogP contribution in [-0.4, -0.2) is 97.7 Å². The molecule has 0 unspecified atom stereocenters. The summed E-state index contributed by atoms with van der Waals surface area (Å²) in [5.74, 6) is -0.543. The maximum absolute atomic E-state index is 12.6. The first-order valence-electron chi connectivity index (χ1n) is 9.29. The van der Waals surface area contributed by atoms with E-state index < -0.39 is 42.0 Å². The van der Waals surface area contributed by atoms with Crippen LogP contribution in [0.25, 0.3) is 0 Å². The van der Waals surface area contributed by atoms with Crippen molar-refractivity contribution in [2.24, 2.45) is 0 Å². The summed E-state index contributed by atoms with van der Waals surface area (Å²) in [5, 5.41) is 22.6. The van der Waals surface area contributed by atoms with Gasteiger partial charge >= 0.3 is 6.18 Å². The number of alkyl halides is 3. The predicted molar refractivity (Wildman–Crippen MR) is 101 cm³/mol. The minimum atomic E-state index is -4.47. The number of carbonyl (C=O) groups excluding carboxylic acids is 1. The van der Waals surface area contributed by atoms with Crippen LogP contribution < -0.4 is 5.32 Å². The van der Waals surface area contributed by atoms with E-state index in [2.05, 4.69) is 5.32 Å². The minimum absolute atomic E-state index is 0.0460. The van der Waals surface area contributed by atoms with Gasteiger partial charge in [-0.15, -0.1) is 0 Å². The summed E-state index contributed by atoms with van der Waals surface area (Å²) in [5.41, 5.74) is -0.738. The fourth-order valence-electron chi connectivity index (χ4n) is 3.30. The maximum atomic E-state index is 12.6.